The molecule has 1 amide bonds. The Morgan fingerprint density at radius 2 is 2.00 bits per heavy atom. The number of hydrogen-bond donors (Lipinski definition) is 2. The summed E-state index contributed by atoms with van der Waals surface area (Å²) in [7, 11) is 0. The standard InChI is InChI=1S/C16H15NO3S/c1-11(12-5-3-2-4-6-12)17-16(20)13-9-14(21-10-13)7-8-15(18)19/h2-11H,1H3,(H,17,20)(H,18,19). The Bertz CT molecular complexity index is 661. The minimum atomic E-state index is -1.01. The molecule has 0 saturated carbocycles. The first kappa shape index (κ1) is 15.0. The molecule has 108 valence electrons. The SMILES string of the molecule is CC(NC(=O)c1csc(C=CC(=O)O)c1)c1ccccc1. The van der Waals surface area contributed by atoms with Crippen LogP contribution in [0.25, 0.3) is 6.08 Å². The first-order valence-corrected chi connectivity index (χ1v) is 7.29. The lowest BCUT2D eigenvalue weighted by Crippen LogP contribution is -2.26. The van der Waals surface area contributed by atoms with E-state index in [9.17, 15) is 9.59 Å². The molecule has 1 aromatic carbocycles. The summed E-state index contributed by atoms with van der Waals surface area (Å²) < 4.78 is 0. The minimum absolute atomic E-state index is 0.0865. The fraction of sp³-hybridized carbons (Fsp3) is 0.125. The molecule has 4 nitrogen and oxygen atoms in total. The van der Waals surface area contributed by atoms with E-state index in [0.717, 1.165) is 16.5 Å². The van der Waals surface area contributed by atoms with Crippen LogP contribution in [0.3, 0.4) is 0 Å². The van der Waals surface area contributed by atoms with Gasteiger partial charge < -0.3 is 10.4 Å². The van der Waals surface area contributed by atoms with Gasteiger partial charge >= 0.3 is 5.97 Å². The number of aliphatic carboxylic acids is 1. The molecule has 1 heterocycles. The Morgan fingerprint density at radius 1 is 1.29 bits per heavy atom. The third-order valence-electron chi connectivity index (χ3n) is 2.92. The minimum Gasteiger partial charge on any atom is -0.478 e. The highest BCUT2D eigenvalue weighted by atomic mass is 32.1. The van der Waals surface area contributed by atoms with E-state index in [1.807, 2.05) is 37.3 Å². The Balaban J connectivity index is 2.02. The van der Waals surface area contributed by atoms with Crippen molar-refractivity contribution >= 4 is 29.3 Å². The van der Waals surface area contributed by atoms with Crippen molar-refractivity contribution in [1.29, 1.82) is 0 Å². The lowest BCUT2D eigenvalue weighted by Gasteiger charge is -2.13. The van der Waals surface area contributed by atoms with Gasteiger partial charge in [-0.15, -0.1) is 11.3 Å². The van der Waals surface area contributed by atoms with Gasteiger partial charge in [0.15, 0.2) is 0 Å². The fourth-order valence-electron chi connectivity index (χ4n) is 1.82. The van der Waals surface area contributed by atoms with Crippen LogP contribution in [0.4, 0.5) is 0 Å². The number of carboxylic acids is 1. The van der Waals surface area contributed by atoms with Gasteiger partial charge in [-0.1, -0.05) is 30.3 Å². The van der Waals surface area contributed by atoms with Crippen LogP contribution in [0.5, 0.6) is 0 Å². The van der Waals surface area contributed by atoms with Crippen molar-refractivity contribution in [2.45, 2.75) is 13.0 Å². The van der Waals surface area contributed by atoms with Gasteiger partial charge in [0.05, 0.1) is 11.6 Å². The first-order valence-electron chi connectivity index (χ1n) is 6.41. The maximum absolute atomic E-state index is 12.1. The third kappa shape index (κ3) is 4.29. The van der Waals surface area contributed by atoms with E-state index in [4.69, 9.17) is 5.11 Å². The molecule has 2 aromatic rings. The number of nitrogens with one attached hydrogen (secondary N) is 1. The number of hydrogen-bond acceptors (Lipinski definition) is 3. The summed E-state index contributed by atoms with van der Waals surface area (Å²) >= 11 is 1.33. The van der Waals surface area contributed by atoms with Gasteiger partial charge in [0.2, 0.25) is 0 Å². The van der Waals surface area contributed by atoms with Crippen molar-refractivity contribution in [3.63, 3.8) is 0 Å². The van der Waals surface area contributed by atoms with Crippen LogP contribution in [-0.2, 0) is 4.79 Å². The molecule has 0 aliphatic heterocycles. The van der Waals surface area contributed by atoms with Crippen molar-refractivity contribution in [3.05, 3.63) is 63.9 Å². The van der Waals surface area contributed by atoms with Gasteiger partial charge in [-0.05, 0) is 24.6 Å². The predicted octanol–water partition coefficient (Wildman–Crippen LogP) is 3.34. The first-order chi connectivity index (χ1) is 10.1. The smallest absolute Gasteiger partial charge is 0.328 e. The molecular formula is C16H15NO3S. The molecule has 0 saturated heterocycles. The summed E-state index contributed by atoms with van der Waals surface area (Å²) in [6.07, 6.45) is 2.53. The Morgan fingerprint density at radius 3 is 2.67 bits per heavy atom. The van der Waals surface area contributed by atoms with Gasteiger partial charge in [0, 0.05) is 16.3 Å². The van der Waals surface area contributed by atoms with E-state index in [1.54, 1.807) is 11.4 Å². The topological polar surface area (TPSA) is 66.4 Å². The fourth-order valence-corrected chi connectivity index (χ4v) is 2.60. The van der Waals surface area contributed by atoms with Gasteiger partial charge in [-0.3, -0.25) is 4.79 Å². The summed E-state index contributed by atoms with van der Waals surface area (Å²) in [4.78, 5) is 23.3. The Kier molecular flexibility index (Phi) is 4.90. The second kappa shape index (κ2) is 6.85. The molecule has 5 heteroatoms. The quantitative estimate of drug-likeness (QED) is 0.832. The summed E-state index contributed by atoms with van der Waals surface area (Å²) in [6, 6.07) is 11.3. The van der Waals surface area contributed by atoms with Crippen molar-refractivity contribution in [2.75, 3.05) is 0 Å². The number of carboxylic acid groups (broad SMARTS) is 1. The maximum Gasteiger partial charge on any atom is 0.328 e. The molecule has 0 radical (unpaired) electrons. The molecule has 0 aliphatic carbocycles. The zero-order chi connectivity index (χ0) is 15.2. The van der Waals surface area contributed by atoms with Crippen LogP contribution >= 0.6 is 11.3 Å². The van der Waals surface area contributed by atoms with Crippen molar-refractivity contribution in [3.8, 4) is 0 Å². The molecule has 1 aromatic heterocycles. The maximum atomic E-state index is 12.1. The molecule has 2 rings (SSSR count). The van der Waals surface area contributed by atoms with E-state index in [1.165, 1.54) is 17.4 Å². The largest absolute Gasteiger partial charge is 0.478 e. The van der Waals surface area contributed by atoms with E-state index in [2.05, 4.69) is 5.32 Å². The number of carbonyl (C=O) groups is 2. The summed E-state index contributed by atoms with van der Waals surface area (Å²) in [5, 5.41) is 13.2. The lowest BCUT2D eigenvalue weighted by atomic mass is 10.1. The monoisotopic (exact) mass is 301 g/mol. The van der Waals surface area contributed by atoms with Crippen molar-refractivity contribution < 1.29 is 14.7 Å². The zero-order valence-electron chi connectivity index (χ0n) is 11.4. The highest BCUT2D eigenvalue weighted by molar-refractivity contribution is 7.11. The van der Waals surface area contributed by atoms with Crippen LogP contribution in [0.15, 0.2) is 47.9 Å². The highest BCUT2D eigenvalue weighted by Gasteiger charge is 2.12. The predicted molar refractivity (Wildman–Crippen MR) is 83.3 cm³/mol. The average molecular weight is 301 g/mol. The molecule has 1 atom stereocenters. The second-order valence-electron chi connectivity index (χ2n) is 4.52. The van der Waals surface area contributed by atoms with Crippen molar-refractivity contribution in [1.82, 2.24) is 5.32 Å². The van der Waals surface area contributed by atoms with Crippen LogP contribution < -0.4 is 5.32 Å². The average Bonchev–Trinajstić information content (AvgIpc) is 2.95. The zero-order valence-corrected chi connectivity index (χ0v) is 12.3. The lowest BCUT2D eigenvalue weighted by molar-refractivity contribution is -0.131. The molecule has 0 spiro atoms. The van der Waals surface area contributed by atoms with Gasteiger partial charge in [-0.2, -0.15) is 0 Å². The summed E-state index contributed by atoms with van der Waals surface area (Å²) in [5.41, 5.74) is 1.57. The van der Waals surface area contributed by atoms with Crippen molar-refractivity contribution in [2.24, 2.45) is 0 Å². The van der Waals surface area contributed by atoms with E-state index >= 15 is 0 Å². The van der Waals surface area contributed by atoms with Gasteiger partial charge in [-0.25, -0.2) is 4.79 Å². The molecular weight excluding hydrogens is 286 g/mol. The van der Waals surface area contributed by atoms with Crippen LogP contribution in [0.1, 0.15) is 33.8 Å². The summed E-state index contributed by atoms with van der Waals surface area (Å²) in [5.74, 6) is -1.18. The molecule has 0 aliphatic rings. The number of rotatable bonds is 5. The third-order valence-corrected chi connectivity index (χ3v) is 3.82. The van der Waals surface area contributed by atoms with Crippen LogP contribution in [0, 0.1) is 0 Å². The molecule has 0 bridgehead atoms. The van der Waals surface area contributed by atoms with Crippen LogP contribution in [0.2, 0.25) is 0 Å². The van der Waals surface area contributed by atoms with E-state index in [0.29, 0.717) is 5.56 Å². The number of thiophene rings is 1. The molecule has 1 unspecified atom stereocenters. The molecule has 21 heavy (non-hydrogen) atoms. The number of amides is 1. The highest BCUT2D eigenvalue weighted by Crippen LogP contribution is 2.18. The van der Waals surface area contributed by atoms with Gasteiger partial charge in [0.25, 0.3) is 5.91 Å². The molecule has 0 fully saturated rings. The normalized spacial score (nSPS) is 12.2. The number of carbonyl (C=O) groups excluding carboxylic acids is 1. The second-order valence-corrected chi connectivity index (χ2v) is 5.46. The number of benzene rings is 1. The van der Waals surface area contributed by atoms with Crippen LogP contribution in [-0.4, -0.2) is 17.0 Å². The van der Waals surface area contributed by atoms with E-state index in [-0.39, 0.29) is 11.9 Å². The van der Waals surface area contributed by atoms with E-state index < -0.39 is 5.97 Å². The Hall–Kier alpha value is -2.40. The Labute approximate surface area is 126 Å². The molecule has 2 N–H and O–H groups in total. The van der Waals surface area contributed by atoms with Gasteiger partial charge in [0.1, 0.15) is 0 Å². The summed E-state index contributed by atoms with van der Waals surface area (Å²) in [6.45, 7) is 1.92.